The van der Waals surface area contributed by atoms with Gasteiger partial charge in [-0.3, -0.25) is 4.52 Å². The van der Waals surface area contributed by atoms with E-state index >= 15 is 0 Å². The van der Waals surface area contributed by atoms with Crippen LogP contribution in [0.2, 0.25) is 0 Å². The molecule has 25 heavy (non-hydrogen) atoms. The van der Waals surface area contributed by atoms with Crippen LogP contribution < -0.4 is 9.05 Å². The fourth-order valence-corrected chi connectivity index (χ4v) is 3.93. The third kappa shape index (κ3) is 5.32. The lowest BCUT2D eigenvalue weighted by atomic mass is 9.96. The maximum Gasteiger partial charge on any atom is 0.463 e. The fraction of sp³-hybridized carbons (Fsp3) is 0.333. The Morgan fingerprint density at radius 2 is 1.48 bits per heavy atom. The van der Waals surface area contributed by atoms with Crippen LogP contribution >= 0.6 is 8.60 Å². The number of benzene rings is 2. The van der Waals surface area contributed by atoms with Crippen LogP contribution in [0.3, 0.4) is 0 Å². The third-order valence-electron chi connectivity index (χ3n) is 4.33. The summed E-state index contributed by atoms with van der Waals surface area (Å²) in [5.41, 5.74) is 2.15. The van der Waals surface area contributed by atoms with Crippen LogP contribution in [0.25, 0.3) is 0 Å². The van der Waals surface area contributed by atoms with E-state index in [0.717, 1.165) is 41.9 Å². The topological polar surface area (TPSA) is 27.7 Å². The number of allylic oxidation sites excluding steroid dienone is 2. The molecule has 0 spiro atoms. The molecule has 4 heteroatoms. The van der Waals surface area contributed by atoms with Crippen LogP contribution in [0, 0.1) is 19.8 Å². The van der Waals surface area contributed by atoms with E-state index in [1.54, 1.807) is 0 Å². The SMILES string of the molecule is Cc1ccccc1OP(OCC1CC=CCC1)Oc1ccccc1C. The first-order valence-corrected chi connectivity index (χ1v) is 9.87. The largest absolute Gasteiger partial charge is 0.463 e. The fourth-order valence-electron chi connectivity index (χ4n) is 2.72. The molecule has 132 valence electrons. The van der Waals surface area contributed by atoms with Gasteiger partial charge in [0.05, 0.1) is 6.61 Å². The number of hydrogen-bond acceptors (Lipinski definition) is 3. The highest BCUT2D eigenvalue weighted by Gasteiger charge is 2.21. The van der Waals surface area contributed by atoms with Crippen molar-refractivity contribution in [2.24, 2.45) is 5.92 Å². The maximum absolute atomic E-state index is 6.10. The quantitative estimate of drug-likeness (QED) is 0.427. The molecule has 1 aliphatic rings. The van der Waals surface area contributed by atoms with Crippen molar-refractivity contribution in [2.75, 3.05) is 6.61 Å². The molecule has 2 aromatic carbocycles. The van der Waals surface area contributed by atoms with Crippen molar-refractivity contribution in [3.8, 4) is 11.5 Å². The molecule has 2 aromatic rings. The van der Waals surface area contributed by atoms with E-state index < -0.39 is 8.60 Å². The molecular formula is C21H25O3P. The Kier molecular flexibility index (Phi) is 6.49. The summed E-state index contributed by atoms with van der Waals surface area (Å²) in [4.78, 5) is 0. The van der Waals surface area contributed by atoms with Crippen LogP contribution in [0.4, 0.5) is 0 Å². The summed E-state index contributed by atoms with van der Waals surface area (Å²) in [6.45, 7) is 4.72. The Hall–Kier alpha value is -1.83. The van der Waals surface area contributed by atoms with E-state index in [2.05, 4.69) is 12.2 Å². The lowest BCUT2D eigenvalue weighted by Crippen LogP contribution is -2.12. The van der Waals surface area contributed by atoms with E-state index in [9.17, 15) is 0 Å². The smallest absolute Gasteiger partial charge is 0.417 e. The van der Waals surface area contributed by atoms with Crippen molar-refractivity contribution >= 4 is 8.60 Å². The molecule has 3 rings (SSSR count). The molecule has 0 heterocycles. The minimum absolute atomic E-state index is 0.538. The Labute approximate surface area is 151 Å². The molecule has 0 fully saturated rings. The predicted molar refractivity (Wildman–Crippen MR) is 103 cm³/mol. The molecule has 3 nitrogen and oxygen atoms in total. The van der Waals surface area contributed by atoms with Crippen LogP contribution in [0.15, 0.2) is 60.7 Å². The summed E-state index contributed by atoms with van der Waals surface area (Å²) in [6.07, 6.45) is 7.84. The monoisotopic (exact) mass is 356 g/mol. The standard InChI is InChI=1S/C21H25O3P/c1-17-10-6-8-14-20(17)23-25(22-16-19-12-4-3-5-13-19)24-21-15-9-7-11-18(21)2/h3-4,6-11,14-15,19H,5,12-13,16H2,1-2H3. The van der Waals surface area contributed by atoms with Gasteiger partial charge < -0.3 is 9.05 Å². The highest BCUT2D eigenvalue weighted by atomic mass is 31.2. The summed E-state index contributed by atoms with van der Waals surface area (Å²) in [6, 6.07) is 15.9. The van der Waals surface area contributed by atoms with Crippen molar-refractivity contribution in [1.82, 2.24) is 0 Å². The van der Waals surface area contributed by atoms with Crippen LogP contribution in [-0.2, 0) is 4.52 Å². The van der Waals surface area contributed by atoms with Gasteiger partial charge in [0.25, 0.3) is 0 Å². The van der Waals surface area contributed by atoms with Gasteiger partial charge in [0.15, 0.2) is 0 Å². The molecule has 0 aliphatic heterocycles. The summed E-state index contributed by atoms with van der Waals surface area (Å²) in [5, 5.41) is 0. The van der Waals surface area contributed by atoms with Crippen molar-refractivity contribution in [2.45, 2.75) is 33.1 Å². The van der Waals surface area contributed by atoms with E-state index in [1.165, 1.54) is 0 Å². The second-order valence-corrected chi connectivity index (χ2v) is 7.45. The Morgan fingerprint density at radius 3 is 2.00 bits per heavy atom. The molecule has 1 atom stereocenters. The molecule has 1 aliphatic carbocycles. The van der Waals surface area contributed by atoms with Crippen LogP contribution in [0.5, 0.6) is 11.5 Å². The number of hydrogen-bond donors (Lipinski definition) is 0. The average molecular weight is 356 g/mol. The van der Waals surface area contributed by atoms with E-state index in [1.807, 2.05) is 62.4 Å². The molecule has 0 N–H and O–H groups in total. The molecular weight excluding hydrogens is 331 g/mol. The number of rotatable bonds is 7. The maximum atomic E-state index is 6.10. The van der Waals surface area contributed by atoms with Crippen molar-refractivity contribution in [1.29, 1.82) is 0 Å². The summed E-state index contributed by atoms with van der Waals surface area (Å²) < 4.78 is 18.3. The molecule has 0 amide bonds. The van der Waals surface area contributed by atoms with Gasteiger partial charge in [0.1, 0.15) is 11.5 Å². The average Bonchev–Trinajstić information content (AvgIpc) is 2.64. The highest BCUT2D eigenvalue weighted by Crippen LogP contribution is 2.44. The normalized spacial score (nSPS) is 16.8. The van der Waals surface area contributed by atoms with Crippen molar-refractivity contribution < 1.29 is 13.6 Å². The van der Waals surface area contributed by atoms with E-state index in [4.69, 9.17) is 13.6 Å². The van der Waals surface area contributed by atoms with Crippen LogP contribution in [0.1, 0.15) is 30.4 Å². The van der Waals surface area contributed by atoms with Gasteiger partial charge in [-0.05, 0) is 62.3 Å². The van der Waals surface area contributed by atoms with Gasteiger partial charge in [-0.25, -0.2) is 0 Å². The van der Waals surface area contributed by atoms with E-state index in [-0.39, 0.29) is 0 Å². The summed E-state index contributed by atoms with van der Waals surface area (Å²) in [5.74, 6) is 2.16. The minimum atomic E-state index is -1.49. The summed E-state index contributed by atoms with van der Waals surface area (Å²) >= 11 is 0. The first-order chi connectivity index (χ1) is 12.2. The zero-order valence-electron chi connectivity index (χ0n) is 14.9. The zero-order chi connectivity index (χ0) is 17.5. The first kappa shape index (κ1) is 18.0. The lowest BCUT2D eigenvalue weighted by molar-refractivity contribution is 0.211. The van der Waals surface area contributed by atoms with Crippen molar-refractivity contribution in [3.63, 3.8) is 0 Å². The summed E-state index contributed by atoms with van der Waals surface area (Å²) in [7, 11) is -1.49. The third-order valence-corrected chi connectivity index (χ3v) is 5.38. The number of para-hydroxylation sites is 2. The van der Waals surface area contributed by atoms with Crippen LogP contribution in [-0.4, -0.2) is 6.61 Å². The Balaban J connectivity index is 1.69. The van der Waals surface area contributed by atoms with Gasteiger partial charge in [-0.1, -0.05) is 48.6 Å². The highest BCUT2D eigenvalue weighted by molar-refractivity contribution is 7.42. The molecule has 0 bridgehead atoms. The Bertz CT molecular complexity index is 666. The molecule has 0 aromatic heterocycles. The Morgan fingerprint density at radius 1 is 0.880 bits per heavy atom. The lowest BCUT2D eigenvalue weighted by Gasteiger charge is -2.23. The molecule has 0 radical (unpaired) electrons. The van der Waals surface area contributed by atoms with Gasteiger partial charge in [0, 0.05) is 0 Å². The van der Waals surface area contributed by atoms with Gasteiger partial charge in [-0.15, -0.1) is 0 Å². The molecule has 0 saturated carbocycles. The number of aryl methyl sites for hydroxylation is 2. The second-order valence-electron chi connectivity index (χ2n) is 6.38. The van der Waals surface area contributed by atoms with Gasteiger partial charge >= 0.3 is 8.60 Å². The predicted octanol–water partition coefficient (Wildman–Crippen LogP) is 6.36. The molecule has 1 unspecified atom stereocenters. The first-order valence-electron chi connectivity index (χ1n) is 8.77. The zero-order valence-corrected chi connectivity index (χ0v) is 15.7. The second kappa shape index (κ2) is 9.03. The van der Waals surface area contributed by atoms with Gasteiger partial charge in [0.2, 0.25) is 0 Å². The van der Waals surface area contributed by atoms with Crippen molar-refractivity contribution in [3.05, 3.63) is 71.8 Å². The van der Waals surface area contributed by atoms with E-state index in [0.29, 0.717) is 12.5 Å². The van der Waals surface area contributed by atoms with Gasteiger partial charge in [-0.2, -0.15) is 0 Å². The minimum Gasteiger partial charge on any atom is -0.417 e. The molecule has 0 saturated heterocycles.